The van der Waals surface area contributed by atoms with Gasteiger partial charge in [0.1, 0.15) is 6.29 Å². The second-order valence-corrected chi connectivity index (χ2v) is 2.64. The first-order valence-electron chi connectivity index (χ1n) is 3.61. The third-order valence-electron chi connectivity index (χ3n) is 2.01. The molecular formula is C9H12O. The lowest BCUT2D eigenvalue weighted by Crippen LogP contribution is -2.05. The van der Waals surface area contributed by atoms with E-state index in [9.17, 15) is 4.79 Å². The molecule has 0 fully saturated rings. The highest BCUT2D eigenvalue weighted by atomic mass is 16.1. The standard InChI is InChI=1S/C9H12O/c1-2-8-4-3-5-9(8)6-7-10/h2-4,7-9H,1,5-6H2/t8-,9-/m1/s1. The maximum atomic E-state index is 10.2. The van der Waals surface area contributed by atoms with E-state index < -0.39 is 0 Å². The molecule has 0 unspecified atom stereocenters. The van der Waals surface area contributed by atoms with Crippen molar-refractivity contribution < 1.29 is 4.79 Å². The van der Waals surface area contributed by atoms with Gasteiger partial charge in [0, 0.05) is 6.42 Å². The van der Waals surface area contributed by atoms with E-state index in [1.807, 2.05) is 6.08 Å². The molecule has 2 atom stereocenters. The van der Waals surface area contributed by atoms with Crippen LogP contribution in [0.5, 0.6) is 0 Å². The summed E-state index contributed by atoms with van der Waals surface area (Å²) in [6.07, 6.45) is 8.87. The van der Waals surface area contributed by atoms with Crippen molar-refractivity contribution in [3.8, 4) is 0 Å². The van der Waals surface area contributed by atoms with Crippen LogP contribution in [0.3, 0.4) is 0 Å². The summed E-state index contributed by atoms with van der Waals surface area (Å²) in [6, 6.07) is 0. The summed E-state index contributed by atoms with van der Waals surface area (Å²) < 4.78 is 0. The number of rotatable bonds is 3. The van der Waals surface area contributed by atoms with Gasteiger partial charge < -0.3 is 4.79 Å². The van der Waals surface area contributed by atoms with Gasteiger partial charge in [-0.15, -0.1) is 6.58 Å². The molecule has 1 heteroatoms. The van der Waals surface area contributed by atoms with Gasteiger partial charge in [0.05, 0.1) is 0 Å². The van der Waals surface area contributed by atoms with E-state index in [4.69, 9.17) is 0 Å². The zero-order valence-electron chi connectivity index (χ0n) is 5.99. The van der Waals surface area contributed by atoms with Gasteiger partial charge in [-0.3, -0.25) is 0 Å². The van der Waals surface area contributed by atoms with Crippen LogP contribution in [0, 0.1) is 11.8 Å². The Morgan fingerprint density at radius 2 is 2.50 bits per heavy atom. The van der Waals surface area contributed by atoms with Crippen LogP contribution in [0.15, 0.2) is 24.8 Å². The van der Waals surface area contributed by atoms with Gasteiger partial charge in [-0.05, 0) is 18.3 Å². The van der Waals surface area contributed by atoms with Gasteiger partial charge in [-0.25, -0.2) is 0 Å². The second-order valence-electron chi connectivity index (χ2n) is 2.64. The molecule has 0 aliphatic heterocycles. The predicted molar refractivity (Wildman–Crippen MR) is 41.6 cm³/mol. The molecule has 0 saturated carbocycles. The number of aldehydes is 1. The number of allylic oxidation sites excluding steroid dienone is 3. The Kier molecular flexibility index (Phi) is 2.43. The lowest BCUT2D eigenvalue weighted by molar-refractivity contribution is -0.108. The highest BCUT2D eigenvalue weighted by Gasteiger charge is 2.18. The van der Waals surface area contributed by atoms with E-state index in [0.29, 0.717) is 18.3 Å². The van der Waals surface area contributed by atoms with E-state index in [-0.39, 0.29) is 0 Å². The summed E-state index contributed by atoms with van der Waals surface area (Å²) in [6.45, 7) is 3.71. The molecule has 1 aliphatic carbocycles. The van der Waals surface area contributed by atoms with Crippen LogP contribution < -0.4 is 0 Å². The summed E-state index contributed by atoms with van der Waals surface area (Å²) in [5, 5.41) is 0. The summed E-state index contributed by atoms with van der Waals surface area (Å²) in [4.78, 5) is 10.2. The lowest BCUT2D eigenvalue weighted by Gasteiger charge is -2.10. The fourth-order valence-corrected chi connectivity index (χ4v) is 1.37. The van der Waals surface area contributed by atoms with E-state index in [1.54, 1.807) is 0 Å². The van der Waals surface area contributed by atoms with Crippen molar-refractivity contribution >= 4 is 6.29 Å². The summed E-state index contributed by atoms with van der Waals surface area (Å²) >= 11 is 0. The van der Waals surface area contributed by atoms with Crippen LogP contribution in [-0.4, -0.2) is 6.29 Å². The molecule has 0 aromatic rings. The van der Waals surface area contributed by atoms with Crippen molar-refractivity contribution in [2.45, 2.75) is 12.8 Å². The minimum atomic E-state index is 0.435. The van der Waals surface area contributed by atoms with Crippen molar-refractivity contribution in [1.29, 1.82) is 0 Å². The van der Waals surface area contributed by atoms with E-state index in [1.165, 1.54) is 0 Å². The van der Waals surface area contributed by atoms with Crippen molar-refractivity contribution in [1.82, 2.24) is 0 Å². The Morgan fingerprint density at radius 1 is 1.70 bits per heavy atom. The monoisotopic (exact) mass is 136 g/mol. The maximum Gasteiger partial charge on any atom is 0.120 e. The van der Waals surface area contributed by atoms with Gasteiger partial charge in [0.25, 0.3) is 0 Å². The van der Waals surface area contributed by atoms with Crippen LogP contribution in [0.1, 0.15) is 12.8 Å². The summed E-state index contributed by atoms with van der Waals surface area (Å²) in [5.41, 5.74) is 0. The van der Waals surface area contributed by atoms with E-state index in [2.05, 4.69) is 18.7 Å². The van der Waals surface area contributed by atoms with Gasteiger partial charge >= 0.3 is 0 Å². The molecule has 0 radical (unpaired) electrons. The molecule has 0 bridgehead atoms. The van der Waals surface area contributed by atoms with Crippen LogP contribution in [0.2, 0.25) is 0 Å². The summed E-state index contributed by atoms with van der Waals surface area (Å²) in [7, 11) is 0. The molecule has 1 rings (SSSR count). The SMILES string of the molecule is C=C[C@@H]1C=CC[C@@H]1CC=O. The predicted octanol–water partition coefficient (Wildman–Crippen LogP) is 1.95. The van der Waals surface area contributed by atoms with Crippen LogP contribution in [-0.2, 0) is 4.79 Å². The molecule has 54 valence electrons. The molecule has 1 nitrogen and oxygen atoms in total. The van der Waals surface area contributed by atoms with Crippen molar-refractivity contribution in [2.75, 3.05) is 0 Å². The van der Waals surface area contributed by atoms with E-state index in [0.717, 1.165) is 12.7 Å². The highest BCUT2D eigenvalue weighted by molar-refractivity contribution is 5.50. The van der Waals surface area contributed by atoms with Crippen molar-refractivity contribution in [2.24, 2.45) is 11.8 Å². The number of carbonyl (C=O) groups is 1. The Labute approximate surface area is 61.4 Å². The van der Waals surface area contributed by atoms with Gasteiger partial charge in [-0.1, -0.05) is 18.2 Å². The Bertz CT molecular complexity index is 158. The molecule has 0 heterocycles. The molecule has 1 aliphatic rings. The van der Waals surface area contributed by atoms with Crippen LogP contribution in [0.25, 0.3) is 0 Å². The van der Waals surface area contributed by atoms with Crippen molar-refractivity contribution in [3.05, 3.63) is 24.8 Å². The average molecular weight is 136 g/mol. The largest absolute Gasteiger partial charge is 0.303 e. The fourth-order valence-electron chi connectivity index (χ4n) is 1.37. The number of hydrogen-bond donors (Lipinski definition) is 0. The molecule has 10 heavy (non-hydrogen) atoms. The van der Waals surface area contributed by atoms with Crippen LogP contribution in [0.4, 0.5) is 0 Å². The third-order valence-corrected chi connectivity index (χ3v) is 2.01. The van der Waals surface area contributed by atoms with Gasteiger partial charge in [-0.2, -0.15) is 0 Å². The number of carbonyl (C=O) groups excluding carboxylic acids is 1. The highest BCUT2D eigenvalue weighted by Crippen LogP contribution is 2.27. The Morgan fingerprint density at radius 3 is 3.10 bits per heavy atom. The Hall–Kier alpha value is -0.850. The second kappa shape index (κ2) is 3.35. The van der Waals surface area contributed by atoms with Gasteiger partial charge in [0.2, 0.25) is 0 Å². The zero-order valence-corrected chi connectivity index (χ0v) is 5.99. The maximum absolute atomic E-state index is 10.2. The zero-order chi connectivity index (χ0) is 7.40. The molecule has 0 saturated heterocycles. The topological polar surface area (TPSA) is 17.1 Å². The molecule has 0 amide bonds. The molecule has 0 aromatic heterocycles. The van der Waals surface area contributed by atoms with Gasteiger partial charge in [0.15, 0.2) is 0 Å². The average Bonchev–Trinajstić information content (AvgIpc) is 2.36. The first-order chi connectivity index (χ1) is 4.88. The van der Waals surface area contributed by atoms with Crippen LogP contribution >= 0.6 is 0 Å². The minimum Gasteiger partial charge on any atom is -0.303 e. The molecule has 0 spiro atoms. The molecule has 0 N–H and O–H groups in total. The molecular weight excluding hydrogens is 124 g/mol. The van der Waals surface area contributed by atoms with E-state index >= 15 is 0 Å². The third kappa shape index (κ3) is 1.35. The quantitative estimate of drug-likeness (QED) is 0.428. The Balaban J connectivity index is 2.46. The fraction of sp³-hybridized carbons (Fsp3) is 0.444. The lowest BCUT2D eigenvalue weighted by atomic mass is 9.93. The first kappa shape index (κ1) is 7.26. The number of hydrogen-bond acceptors (Lipinski definition) is 1. The minimum absolute atomic E-state index is 0.435. The first-order valence-corrected chi connectivity index (χ1v) is 3.61. The molecule has 0 aromatic carbocycles. The normalized spacial score (nSPS) is 30.4. The smallest absolute Gasteiger partial charge is 0.120 e. The summed E-state index contributed by atoms with van der Waals surface area (Å²) in [5.74, 6) is 0.931. The van der Waals surface area contributed by atoms with Crippen molar-refractivity contribution in [3.63, 3.8) is 0 Å².